The van der Waals surface area contributed by atoms with Crippen LogP contribution in [-0.4, -0.2) is 39.8 Å². The van der Waals surface area contributed by atoms with Crippen LogP contribution in [0.25, 0.3) is 5.69 Å². The molecule has 1 aliphatic heterocycles. The molecular formula is C21H20Cl2N4OS. The van der Waals surface area contributed by atoms with Crippen LogP contribution in [-0.2, 0) is 4.74 Å². The first kappa shape index (κ1) is 20.2. The van der Waals surface area contributed by atoms with E-state index in [0.717, 1.165) is 17.1 Å². The predicted octanol–water partition coefficient (Wildman–Crippen LogP) is 4.80. The van der Waals surface area contributed by atoms with Gasteiger partial charge in [0, 0.05) is 36.8 Å². The van der Waals surface area contributed by atoms with Gasteiger partial charge in [-0.25, -0.2) is 0 Å². The summed E-state index contributed by atoms with van der Waals surface area (Å²) in [5.41, 5.74) is 2.84. The Morgan fingerprint density at radius 3 is 2.76 bits per heavy atom. The fourth-order valence-corrected chi connectivity index (χ4v) is 4.52. The third-order valence-corrected chi connectivity index (χ3v) is 5.88. The number of halogens is 2. The van der Waals surface area contributed by atoms with Gasteiger partial charge in [0.05, 0.1) is 35.1 Å². The zero-order valence-electron chi connectivity index (χ0n) is 15.8. The van der Waals surface area contributed by atoms with Gasteiger partial charge in [-0.05, 0) is 54.7 Å². The molecule has 0 radical (unpaired) electrons. The van der Waals surface area contributed by atoms with Crippen LogP contribution >= 0.6 is 35.4 Å². The van der Waals surface area contributed by atoms with E-state index in [9.17, 15) is 0 Å². The van der Waals surface area contributed by atoms with Crippen LogP contribution in [0.4, 0.5) is 0 Å². The van der Waals surface area contributed by atoms with Gasteiger partial charge in [0.25, 0.3) is 0 Å². The highest BCUT2D eigenvalue weighted by atomic mass is 35.5. The molecule has 1 N–H and O–H groups in total. The van der Waals surface area contributed by atoms with Gasteiger partial charge in [-0.15, -0.1) is 0 Å². The molecule has 3 aromatic rings. The Morgan fingerprint density at radius 1 is 1.17 bits per heavy atom. The first-order valence-electron chi connectivity index (χ1n) is 9.20. The van der Waals surface area contributed by atoms with E-state index in [1.807, 2.05) is 42.6 Å². The maximum atomic E-state index is 6.51. The molecule has 0 aliphatic carbocycles. The number of hydrogen-bond donors (Lipinski definition) is 1. The number of aromatic nitrogens is 2. The van der Waals surface area contributed by atoms with Gasteiger partial charge in [0.15, 0.2) is 5.11 Å². The summed E-state index contributed by atoms with van der Waals surface area (Å²) < 4.78 is 7.40. The molecule has 5 nitrogen and oxygen atoms in total. The number of rotatable bonds is 6. The van der Waals surface area contributed by atoms with Gasteiger partial charge in [0.1, 0.15) is 0 Å². The molecule has 1 saturated heterocycles. The monoisotopic (exact) mass is 446 g/mol. The highest BCUT2D eigenvalue weighted by Gasteiger charge is 2.41. The summed E-state index contributed by atoms with van der Waals surface area (Å²) in [7, 11) is 1.69. The summed E-state index contributed by atoms with van der Waals surface area (Å²) in [4.78, 5) is 6.72. The molecule has 1 aromatic carbocycles. The summed E-state index contributed by atoms with van der Waals surface area (Å²) in [6.07, 6.45) is 3.79. The fraction of sp³-hybridized carbons (Fsp3) is 0.238. The Bertz CT molecular complexity index is 1010. The summed E-state index contributed by atoms with van der Waals surface area (Å²) in [5, 5.41) is 5.31. The molecule has 0 saturated carbocycles. The fourth-order valence-electron chi connectivity index (χ4n) is 3.69. The molecular weight excluding hydrogens is 427 g/mol. The average Bonchev–Trinajstić information content (AvgIpc) is 3.31. The van der Waals surface area contributed by atoms with E-state index in [1.54, 1.807) is 19.4 Å². The van der Waals surface area contributed by atoms with Crippen LogP contribution in [0.5, 0.6) is 0 Å². The molecule has 1 aliphatic rings. The number of thiocarbonyl (C=S) groups is 1. The number of nitrogens with zero attached hydrogens (tertiary/aromatic N) is 3. The van der Waals surface area contributed by atoms with Gasteiger partial charge in [0.2, 0.25) is 0 Å². The molecule has 0 unspecified atom stereocenters. The van der Waals surface area contributed by atoms with Gasteiger partial charge in [-0.3, -0.25) is 4.98 Å². The molecule has 4 rings (SSSR count). The van der Waals surface area contributed by atoms with E-state index in [4.69, 9.17) is 40.2 Å². The lowest BCUT2D eigenvalue weighted by molar-refractivity contribution is 0.163. The second-order valence-electron chi connectivity index (χ2n) is 6.71. The molecule has 0 amide bonds. The average molecular weight is 447 g/mol. The molecule has 29 heavy (non-hydrogen) atoms. The first-order chi connectivity index (χ1) is 14.1. The lowest BCUT2D eigenvalue weighted by atomic mass is 10.0. The predicted molar refractivity (Wildman–Crippen MR) is 120 cm³/mol. The summed E-state index contributed by atoms with van der Waals surface area (Å²) in [5.74, 6) is 0. The van der Waals surface area contributed by atoms with Gasteiger partial charge < -0.3 is 19.5 Å². The molecule has 8 heteroatoms. The Balaban J connectivity index is 1.81. The number of hydrogen-bond acceptors (Lipinski definition) is 3. The molecule has 2 atom stereocenters. The van der Waals surface area contributed by atoms with E-state index in [1.165, 1.54) is 0 Å². The minimum Gasteiger partial charge on any atom is -0.383 e. The molecule has 150 valence electrons. The number of benzene rings is 1. The molecule has 1 fully saturated rings. The van der Waals surface area contributed by atoms with E-state index >= 15 is 0 Å². The summed E-state index contributed by atoms with van der Waals surface area (Å²) in [6, 6.07) is 15.3. The van der Waals surface area contributed by atoms with Crippen molar-refractivity contribution in [2.24, 2.45) is 0 Å². The van der Waals surface area contributed by atoms with Gasteiger partial charge in [-0.2, -0.15) is 0 Å². The number of nitrogens with one attached hydrogen (secondary N) is 1. The van der Waals surface area contributed by atoms with Gasteiger partial charge >= 0.3 is 0 Å². The Labute approximate surface area is 185 Å². The Hall–Kier alpha value is -2.12. The zero-order valence-corrected chi connectivity index (χ0v) is 18.1. The van der Waals surface area contributed by atoms with Crippen molar-refractivity contribution in [3.05, 3.63) is 82.4 Å². The van der Waals surface area contributed by atoms with Crippen molar-refractivity contribution in [3.63, 3.8) is 0 Å². The maximum absolute atomic E-state index is 6.51. The minimum atomic E-state index is -0.0970. The van der Waals surface area contributed by atoms with E-state index in [2.05, 4.69) is 25.8 Å². The normalized spacial score (nSPS) is 18.9. The summed E-state index contributed by atoms with van der Waals surface area (Å²) in [6.45, 7) is 1.23. The highest BCUT2D eigenvalue weighted by Crippen LogP contribution is 2.40. The lowest BCUT2D eigenvalue weighted by Gasteiger charge is -2.29. The number of methoxy groups -OCH3 is 1. The van der Waals surface area contributed by atoms with Crippen LogP contribution in [0.3, 0.4) is 0 Å². The van der Waals surface area contributed by atoms with Crippen molar-refractivity contribution in [1.82, 2.24) is 19.8 Å². The van der Waals surface area contributed by atoms with Gasteiger partial charge in [-0.1, -0.05) is 29.3 Å². The quantitative estimate of drug-likeness (QED) is 0.550. The first-order valence-corrected chi connectivity index (χ1v) is 10.4. The second-order valence-corrected chi connectivity index (χ2v) is 7.94. The third kappa shape index (κ3) is 3.98. The third-order valence-electron chi connectivity index (χ3n) is 4.99. The molecule has 0 spiro atoms. The number of ether oxygens (including phenoxy) is 1. The summed E-state index contributed by atoms with van der Waals surface area (Å²) >= 11 is 18.3. The molecule has 2 aromatic heterocycles. The van der Waals surface area contributed by atoms with E-state index in [-0.39, 0.29) is 12.1 Å². The van der Waals surface area contributed by atoms with E-state index in [0.29, 0.717) is 28.3 Å². The minimum absolute atomic E-state index is 0.0747. The van der Waals surface area contributed by atoms with Crippen LogP contribution in [0.15, 0.2) is 60.9 Å². The van der Waals surface area contributed by atoms with Crippen LogP contribution < -0.4 is 5.32 Å². The van der Waals surface area contributed by atoms with Crippen LogP contribution in [0.2, 0.25) is 10.0 Å². The lowest BCUT2D eigenvalue weighted by Crippen LogP contribution is -2.33. The maximum Gasteiger partial charge on any atom is 0.170 e. The number of pyridine rings is 1. The largest absolute Gasteiger partial charge is 0.383 e. The van der Waals surface area contributed by atoms with Crippen molar-refractivity contribution >= 4 is 40.5 Å². The van der Waals surface area contributed by atoms with Crippen molar-refractivity contribution in [1.29, 1.82) is 0 Å². The highest BCUT2D eigenvalue weighted by molar-refractivity contribution is 7.80. The van der Waals surface area contributed by atoms with Crippen molar-refractivity contribution in [2.75, 3.05) is 20.3 Å². The Kier molecular flexibility index (Phi) is 6.06. The van der Waals surface area contributed by atoms with E-state index < -0.39 is 0 Å². The zero-order chi connectivity index (χ0) is 20.4. The molecule has 3 heterocycles. The SMILES string of the molecule is COCCN1C(=S)N[C@@H](c2ccccn2)[C@H]1c1cccn1-c1ccc(Cl)cc1Cl. The van der Waals surface area contributed by atoms with Crippen molar-refractivity contribution in [3.8, 4) is 5.69 Å². The van der Waals surface area contributed by atoms with Crippen molar-refractivity contribution in [2.45, 2.75) is 12.1 Å². The second kappa shape index (κ2) is 8.71. The molecule has 0 bridgehead atoms. The van der Waals surface area contributed by atoms with Crippen LogP contribution in [0.1, 0.15) is 23.5 Å². The topological polar surface area (TPSA) is 42.3 Å². The standard InChI is InChI=1S/C21H20Cl2N4OS/c1-28-12-11-27-20(19(25-21(27)29)16-5-2-3-9-24-16)18-6-4-10-26(18)17-8-7-14(22)13-15(17)23/h2-10,13,19-20H,11-12H2,1H3,(H,25,29)/t19-,20+/m0/s1. The van der Waals surface area contributed by atoms with Crippen molar-refractivity contribution < 1.29 is 4.74 Å². The van der Waals surface area contributed by atoms with Crippen LogP contribution in [0, 0.1) is 0 Å². The Morgan fingerprint density at radius 2 is 2.03 bits per heavy atom. The smallest absolute Gasteiger partial charge is 0.170 e.